The summed E-state index contributed by atoms with van der Waals surface area (Å²) in [5.74, 6) is 1.09. The predicted octanol–water partition coefficient (Wildman–Crippen LogP) is 5.60. The van der Waals surface area contributed by atoms with E-state index in [0.717, 1.165) is 35.0 Å². The van der Waals surface area contributed by atoms with Crippen LogP contribution in [0.25, 0.3) is 16.6 Å². The second-order valence-corrected chi connectivity index (χ2v) is 9.36. The molecule has 35 heavy (non-hydrogen) atoms. The summed E-state index contributed by atoms with van der Waals surface area (Å²) in [6.07, 6.45) is 3.09. The number of fused-ring (bicyclic) bond motifs is 1. The maximum absolute atomic E-state index is 13.3. The molecule has 1 aliphatic rings. The van der Waals surface area contributed by atoms with Crippen LogP contribution < -0.4 is 14.8 Å². The SMILES string of the molecule is COc1ccccc1[C@H](Oc1ccc2c(cnn2-c2ccc(F)cc2)c1)[C@H](C)NC(=O)C1(C)CC1. The highest BCUT2D eigenvalue weighted by molar-refractivity contribution is 5.85. The van der Waals surface area contributed by atoms with E-state index in [1.54, 1.807) is 30.1 Å². The number of methoxy groups -OCH3 is 1. The number of carbonyl (C=O) groups excluding carboxylic acids is 1. The third-order valence-electron chi connectivity index (χ3n) is 6.68. The predicted molar refractivity (Wildman–Crippen MR) is 132 cm³/mol. The minimum atomic E-state index is -0.470. The maximum atomic E-state index is 13.3. The molecule has 1 heterocycles. The number of ether oxygens (including phenoxy) is 2. The van der Waals surface area contributed by atoms with Gasteiger partial charge in [0.15, 0.2) is 0 Å². The van der Waals surface area contributed by atoms with Crippen LogP contribution in [0.1, 0.15) is 38.4 Å². The number of rotatable bonds is 8. The molecule has 180 valence electrons. The zero-order valence-corrected chi connectivity index (χ0v) is 20.0. The van der Waals surface area contributed by atoms with Crippen LogP contribution in [-0.2, 0) is 4.79 Å². The topological polar surface area (TPSA) is 65.4 Å². The zero-order valence-electron chi connectivity index (χ0n) is 20.0. The van der Waals surface area contributed by atoms with Crippen LogP contribution in [0, 0.1) is 11.2 Å². The molecular formula is C28H28FN3O3. The lowest BCUT2D eigenvalue weighted by atomic mass is 10.0. The summed E-state index contributed by atoms with van der Waals surface area (Å²) in [5.41, 5.74) is 2.21. The van der Waals surface area contributed by atoms with Crippen molar-refractivity contribution >= 4 is 16.8 Å². The fourth-order valence-corrected chi connectivity index (χ4v) is 4.23. The van der Waals surface area contributed by atoms with Gasteiger partial charge >= 0.3 is 0 Å². The minimum absolute atomic E-state index is 0.0459. The molecule has 2 atom stereocenters. The average molecular weight is 474 g/mol. The Labute approximate surface area is 203 Å². The molecule has 4 aromatic rings. The first-order valence-corrected chi connectivity index (χ1v) is 11.7. The van der Waals surface area contributed by atoms with Crippen LogP contribution in [0.5, 0.6) is 11.5 Å². The van der Waals surface area contributed by atoms with E-state index in [0.29, 0.717) is 11.5 Å². The maximum Gasteiger partial charge on any atom is 0.226 e. The Bertz CT molecular complexity index is 1360. The smallest absolute Gasteiger partial charge is 0.226 e. The highest BCUT2D eigenvalue weighted by atomic mass is 19.1. The van der Waals surface area contributed by atoms with Crippen molar-refractivity contribution in [1.82, 2.24) is 15.1 Å². The van der Waals surface area contributed by atoms with Crippen LogP contribution in [0.3, 0.4) is 0 Å². The van der Waals surface area contributed by atoms with Gasteiger partial charge in [0, 0.05) is 16.4 Å². The van der Waals surface area contributed by atoms with Crippen LogP contribution in [0.4, 0.5) is 4.39 Å². The number of para-hydroxylation sites is 1. The number of aromatic nitrogens is 2. The zero-order chi connectivity index (χ0) is 24.6. The first kappa shape index (κ1) is 22.9. The standard InChI is InChI=1S/C28H28FN3O3/c1-18(31-27(33)28(2)14-15-28)26(23-6-4-5-7-25(23)34-3)35-22-12-13-24-19(16-22)17-30-32(24)21-10-8-20(29)9-11-21/h4-13,16-18,26H,14-15H2,1-3H3,(H,31,33)/t18-,26+/m0/s1. The third-order valence-corrected chi connectivity index (χ3v) is 6.68. The Morgan fingerprint density at radius 2 is 1.86 bits per heavy atom. The molecule has 0 saturated heterocycles. The summed E-state index contributed by atoms with van der Waals surface area (Å²) in [7, 11) is 1.63. The number of hydrogen-bond acceptors (Lipinski definition) is 4. The van der Waals surface area contributed by atoms with E-state index >= 15 is 0 Å². The van der Waals surface area contributed by atoms with Gasteiger partial charge in [0.2, 0.25) is 5.91 Å². The normalized spacial score (nSPS) is 15.9. The van der Waals surface area contributed by atoms with E-state index in [4.69, 9.17) is 9.47 Å². The minimum Gasteiger partial charge on any atom is -0.496 e. The van der Waals surface area contributed by atoms with Gasteiger partial charge in [0.25, 0.3) is 0 Å². The number of halogens is 1. The summed E-state index contributed by atoms with van der Waals surface area (Å²) in [6, 6.07) is 19.3. The fourth-order valence-electron chi connectivity index (χ4n) is 4.23. The molecule has 0 aliphatic heterocycles. The van der Waals surface area contributed by atoms with Gasteiger partial charge in [-0.05, 0) is 68.3 Å². The lowest BCUT2D eigenvalue weighted by Crippen LogP contribution is -2.42. The average Bonchev–Trinajstić information content (AvgIpc) is 3.49. The Morgan fingerprint density at radius 3 is 2.57 bits per heavy atom. The van der Waals surface area contributed by atoms with E-state index in [-0.39, 0.29) is 23.2 Å². The number of amides is 1. The van der Waals surface area contributed by atoms with Gasteiger partial charge in [-0.15, -0.1) is 0 Å². The van der Waals surface area contributed by atoms with E-state index < -0.39 is 6.10 Å². The molecule has 1 aromatic heterocycles. The Kier molecular flexibility index (Phi) is 5.93. The molecule has 1 amide bonds. The molecule has 3 aromatic carbocycles. The Morgan fingerprint density at radius 1 is 1.11 bits per heavy atom. The molecule has 0 unspecified atom stereocenters. The third kappa shape index (κ3) is 4.58. The highest BCUT2D eigenvalue weighted by Crippen LogP contribution is 2.45. The largest absolute Gasteiger partial charge is 0.496 e. The van der Waals surface area contributed by atoms with Crippen molar-refractivity contribution < 1.29 is 18.7 Å². The van der Waals surface area contributed by atoms with Crippen molar-refractivity contribution in [2.45, 2.75) is 38.8 Å². The molecule has 6 nitrogen and oxygen atoms in total. The van der Waals surface area contributed by atoms with Gasteiger partial charge in [-0.1, -0.05) is 25.1 Å². The molecule has 5 rings (SSSR count). The lowest BCUT2D eigenvalue weighted by Gasteiger charge is -2.28. The highest BCUT2D eigenvalue weighted by Gasteiger charge is 2.45. The monoisotopic (exact) mass is 473 g/mol. The first-order valence-electron chi connectivity index (χ1n) is 11.7. The number of hydrogen-bond donors (Lipinski definition) is 1. The molecule has 0 bridgehead atoms. The van der Waals surface area contributed by atoms with Crippen LogP contribution >= 0.6 is 0 Å². The van der Waals surface area contributed by atoms with Crippen LogP contribution in [0.15, 0.2) is 72.9 Å². The molecular weight excluding hydrogens is 445 g/mol. The van der Waals surface area contributed by atoms with Crippen molar-refractivity contribution in [3.63, 3.8) is 0 Å². The molecule has 0 radical (unpaired) electrons. The summed E-state index contributed by atoms with van der Waals surface area (Å²) < 4.78 is 27.2. The van der Waals surface area contributed by atoms with E-state index in [9.17, 15) is 9.18 Å². The molecule has 1 aliphatic carbocycles. The number of nitrogens with one attached hydrogen (secondary N) is 1. The van der Waals surface area contributed by atoms with Crippen molar-refractivity contribution in [1.29, 1.82) is 0 Å². The van der Waals surface area contributed by atoms with Crippen LogP contribution in [0.2, 0.25) is 0 Å². The van der Waals surface area contributed by atoms with E-state index in [1.807, 2.05) is 56.3 Å². The van der Waals surface area contributed by atoms with Gasteiger partial charge in [-0.2, -0.15) is 5.10 Å². The Hall–Kier alpha value is -3.87. The van der Waals surface area contributed by atoms with Gasteiger partial charge in [0.1, 0.15) is 23.4 Å². The summed E-state index contributed by atoms with van der Waals surface area (Å²) in [4.78, 5) is 12.8. The molecule has 7 heteroatoms. The van der Waals surface area contributed by atoms with Crippen molar-refractivity contribution in [2.75, 3.05) is 7.11 Å². The van der Waals surface area contributed by atoms with E-state index in [1.165, 1.54) is 12.1 Å². The summed E-state index contributed by atoms with van der Waals surface area (Å²) in [6.45, 7) is 3.94. The van der Waals surface area contributed by atoms with Crippen LogP contribution in [-0.4, -0.2) is 28.8 Å². The van der Waals surface area contributed by atoms with Gasteiger partial charge in [-0.25, -0.2) is 9.07 Å². The molecule has 0 spiro atoms. The Balaban J connectivity index is 1.45. The number of nitrogens with zero attached hydrogens (tertiary/aromatic N) is 2. The van der Waals surface area contributed by atoms with Gasteiger partial charge in [-0.3, -0.25) is 4.79 Å². The van der Waals surface area contributed by atoms with Gasteiger partial charge < -0.3 is 14.8 Å². The van der Waals surface area contributed by atoms with Crippen molar-refractivity contribution in [2.24, 2.45) is 5.41 Å². The molecule has 1 fully saturated rings. The van der Waals surface area contributed by atoms with Crippen molar-refractivity contribution in [3.8, 4) is 17.2 Å². The molecule has 1 saturated carbocycles. The fraction of sp³-hybridized carbons (Fsp3) is 0.286. The molecule has 1 N–H and O–H groups in total. The second-order valence-electron chi connectivity index (χ2n) is 9.36. The lowest BCUT2D eigenvalue weighted by molar-refractivity contribution is -0.127. The summed E-state index contributed by atoms with van der Waals surface area (Å²) in [5, 5.41) is 8.51. The van der Waals surface area contributed by atoms with E-state index in [2.05, 4.69) is 10.4 Å². The van der Waals surface area contributed by atoms with Crippen molar-refractivity contribution in [3.05, 3.63) is 84.3 Å². The van der Waals surface area contributed by atoms with Gasteiger partial charge in [0.05, 0.1) is 30.6 Å². The summed E-state index contributed by atoms with van der Waals surface area (Å²) >= 11 is 0. The first-order chi connectivity index (χ1) is 16.9. The number of carbonyl (C=O) groups is 1. The number of benzene rings is 3. The second kappa shape index (κ2) is 9.06. The quantitative estimate of drug-likeness (QED) is 0.362.